The van der Waals surface area contributed by atoms with Crippen LogP contribution in [0.4, 0.5) is 0 Å². The average Bonchev–Trinajstić information content (AvgIpc) is 2.46. The number of nitrogens with zero attached hydrogens (tertiary/aromatic N) is 2. The molecule has 0 saturated carbocycles. The van der Waals surface area contributed by atoms with Gasteiger partial charge in [0.25, 0.3) is 0 Å². The largest absolute Gasteiger partial charge is 0.477 e. The lowest BCUT2D eigenvalue weighted by atomic mass is 10.3. The van der Waals surface area contributed by atoms with Crippen molar-refractivity contribution < 1.29 is 9.90 Å². The van der Waals surface area contributed by atoms with Gasteiger partial charge in [0, 0.05) is 17.9 Å². The highest BCUT2D eigenvalue weighted by atomic mass is 32.1. The van der Waals surface area contributed by atoms with E-state index in [0.717, 1.165) is 0 Å². The van der Waals surface area contributed by atoms with E-state index in [1.165, 1.54) is 4.68 Å². The number of hydrogen-bond acceptors (Lipinski definition) is 3. The van der Waals surface area contributed by atoms with Crippen molar-refractivity contribution in [2.24, 2.45) is 0 Å². The zero-order valence-electron chi connectivity index (χ0n) is 6.69. The number of aromatic carboxylic acids is 1. The molecule has 0 aliphatic heterocycles. The fraction of sp³-hybridized carbons (Fsp3) is 0.429. The van der Waals surface area contributed by atoms with Crippen LogP contribution < -0.4 is 0 Å². The van der Waals surface area contributed by atoms with Crippen molar-refractivity contribution in [2.75, 3.05) is 0 Å². The first-order valence-corrected chi connectivity index (χ1v) is 4.22. The predicted octanol–water partition coefficient (Wildman–Crippen LogP) is 1.03. The van der Waals surface area contributed by atoms with E-state index < -0.39 is 5.97 Å². The van der Waals surface area contributed by atoms with E-state index in [1.54, 1.807) is 6.20 Å². The highest BCUT2D eigenvalue weighted by Gasteiger charge is 2.14. The second-order valence-corrected chi connectivity index (χ2v) is 2.61. The van der Waals surface area contributed by atoms with Gasteiger partial charge in [0.15, 0.2) is 0 Å². The van der Waals surface area contributed by atoms with Gasteiger partial charge >= 0.3 is 5.97 Å². The summed E-state index contributed by atoms with van der Waals surface area (Å²) < 4.78 is 1.45. The van der Waals surface area contributed by atoms with E-state index in [2.05, 4.69) is 17.7 Å². The maximum absolute atomic E-state index is 10.7. The van der Waals surface area contributed by atoms with Crippen LogP contribution in [-0.4, -0.2) is 20.9 Å². The monoisotopic (exact) mass is 186 g/mol. The van der Waals surface area contributed by atoms with Gasteiger partial charge in [0.2, 0.25) is 0 Å². The molecular formula is C7H10N2O2S. The third kappa shape index (κ3) is 1.45. The van der Waals surface area contributed by atoms with Crippen molar-refractivity contribution in [1.82, 2.24) is 9.78 Å². The molecule has 0 amide bonds. The molecule has 4 nitrogen and oxygen atoms in total. The van der Waals surface area contributed by atoms with Crippen molar-refractivity contribution in [3.63, 3.8) is 0 Å². The van der Waals surface area contributed by atoms with E-state index in [9.17, 15) is 4.79 Å². The molecule has 0 radical (unpaired) electrons. The van der Waals surface area contributed by atoms with Gasteiger partial charge in [-0.3, -0.25) is 4.68 Å². The second kappa shape index (κ2) is 3.62. The highest BCUT2D eigenvalue weighted by molar-refractivity contribution is 7.79. The summed E-state index contributed by atoms with van der Waals surface area (Å²) in [7, 11) is 0. The molecule has 0 spiro atoms. The van der Waals surface area contributed by atoms with Crippen molar-refractivity contribution >= 4 is 18.6 Å². The zero-order valence-corrected chi connectivity index (χ0v) is 7.58. The molecule has 0 aliphatic rings. The SMILES string of the molecule is CCn1ncc(CS)c1C(=O)O. The Morgan fingerprint density at radius 2 is 2.50 bits per heavy atom. The van der Waals surface area contributed by atoms with Crippen molar-refractivity contribution in [1.29, 1.82) is 0 Å². The Bertz CT molecular complexity index is 274. The Kier molecular flexibility index (Phi) is 2.75. The lowest BCUT2D eigenvalue weighted by Gasteiger charge is -2.00. The molecule has 1 heterocycles. The van der Waals surface area contributed by atoms with Crippen LogP contribution in [0, 0.1) is 0 Å². The summed E-state index contributed by atoms with van der Waals surface area (Å²) in [6.45, 7) is 2.41. The Morgan fingerprint density at radius 1 is 1.83 bits per heavy atom. The van der Waals surface area contributed by atoms with Crippen molar-refractivity contribution in [3.05, 3.63) is 17.5 Å². The van der Waals surface area contributed by atoms with Gasteiger partial charge < -0.3 is 5.11 Å². The fourth-order valence-electron chi connectivity index (χ4n) is 1.03. The molecule has 1 aromatic heterocycles. The topological polar surface area (TPSA) is 55.1 Å². The van der Waals surface area contributed by atoms with Crippen molar-refractivity contribution in [2.45, 2.75) is 19.2 Å². The first-order chi connectivity index (χ1) is 5.70. The zero-order chi connectivity index (χ0) is 9.14. The summed E-state index contributed by atoms with van der Waals surface area (Å²) in [6, 6.07) is 0. The number of thiol groups is 1. The third-order valence-electron chi connectivity index (χ3n) is 1.59. The molecule has 5 heteroatoms. The first kappa shape index (κ1) is 9.12. The molecular weight excluding hydrogens is 176 g/mol. The van der Waals surface area contributed by atoms with E-state index in [4.69, 9.17) is 5.11 Å². The van der Waals surface area contributed by atoms with Crippen LogP contribution in [0.15, 0.2) is 6.20 Å². The van der Waals surface area contributed by atoms with E-state index in [-0.39, 0.29) is 5.69 Å². The number of aromatic nitrogens is 2. The molecule has 1 aromatic rings. The van der Waals surface area contributed by atoms with Crippen LogP contribution in [0.2, 0.25) is 0 Å². The van der Waals surface area contributed by atoms with Crippen molar-refractivity contribution in [3.8, 4) is 0 Å². The minimum Gasteiger partial charge on any atom is -0.477 e. The normalized spacial score (nSPS) is 10.2. The third-order valence-corrected chi connectivity index (χ3v) is 1.93. The number of carboxylic acids is 1. The molecule has 0 bridgehead atoms. The Balaban J connectivity index is 3.16. The second-order valence-electron chi connectivity index (χ2n) is 2.30. The molecule has 0 aromatic carbocycles. The van der Waals surface area contributed by atoms with Gasteiger partial charge in [-0.15, -0.1) is 0 Å². The fourth-order valence-corrected chi connectivity index (χ4v) is 1.26. The molecule has 66 valence electrons. The minimum absolute atomic E-state index is 0.243. The van der Waals surface area contributed by atoms with Crippen LogP contribution >= 0.6 is 12.6 Å². The lowest BCUT2D eigenvalue weighted by Crippen LogP contribution is -2.10. The maximum Gasteiger partial charge on any atom is 0.354 e. The van der Waals surface area contributed by atoms with Gasteiger partial charge in [-0.05, 0) is 6.92 Å². The Hall–Kier alpha value is -0.970. The number of carbonyl (C=O) groups is 1. The molecule has 0 saturated heterocycles. The molecule has 1 N–H and O–H groups in total. The predicted molar refractivity (Wildman–Crippen MR) is 47.6 cm³/mol. The number of aryl methyl sites for hydroxylation is 1. The summed E-state index contributed by atoms with van der Waals surface area (Å²) in [6.07, 6.45) is 1.54. The van der Waals surface area contributed by atoms with Crippen LogP contribution in [0.1, 0.15) is 23.0 Å². The minimum atomic E-state index is -0.946. The van der Waals surface area contributed by atoms with Crippen LogP contribution in [0.25, 0.3) is 0 Å². The molecule has 0 fully saturated rings. The molecule has 0 aliphatic carbocycles. The van der Waals surface area contributed by atoms with Gasteiger partial charge in [-0.2, -0.15) is 17.7 Å². The lowest BCUT2D eigenvalue weighted by molar-refractivity contribution is 0.0682. The first-order valence-electron chi connectivity index (χ1n) is 3.59. The summed E-state index contributed by atoms with van der Waals surface area (Å²) in [5, 5.41) is 12.7. The maximum atomic E-state index is 10.7. The van der Waals surface area contributed by atoms with Gasteiger partial charge in [0.05, 0.1) is 6.20 Å². The summed E-state index contributed by atoms with van der Waals surface area (Å²) in [4.78, 5) is 10.7. The van der Waals surface area contributed by atoms with E-state index in [1.807, 2.05) is 6.92 Å². The van der Waals surface area contributed by atoms with E-state index in [0.29, 0.717) is 17.9 Å². The van der Waals surface area contributed by atoms with E-state index >= 15 is 0 Å². The van der Waals surface area contributed by atoms with Gasteiger partial charge in [-0.25, -0.2) is 4.79 Å². The van der Waals surface area contributed by atoms with Crippen LogP contribution in [0.5, 0.6) is 0 Å². The smallest absolute Gasteiger partial charge is 0.354 e. The quantitative estimate of drug-likeness (QED) is 0.693. The summed E-state index contributed by atoms with van der Waals surface area (Å²) >= 11 is 4.01. The molecule has 0 atom stereocenters. The van der Waals surface area contributed by atoms with Crippen LogP contribution in [0.3, 0.4) is 0 Å². The Labute approximate surface area is 75.6 Å². The van der Waals surface area contributed by atoms with Gasteiger partial charge in [-0.1, -0.05) is 0 Å². The summed E-state index contributed by atoms with van der Waals surface area (Å²) in [5.41, 5.74) is 0.903. The Morgan fingerprint density at radius 3 is 2.92 bits per heavy atom. The molecule has 12 heavy (non-hydrogen) atoms. The summed E-state index contributed by atoms with van der Waals surface area (Å²) in [5.74, 6) is -0.542. The molecule has 1 rings (SSSR count). The standard InChI is InChI=1S/C7H10N2O2S/c1-2-9-6(7(10)11)5(4-12)3-8-9/h3,12H,2,4H2,1H3,(H,10,11). The number of rotatable bonds is 3. The number of hydrogen-bond donors (Lipinski definition) is 2. The molecule has 0 unspecified atom stereocenters. The van der Waals surface area contributed by atoms with Crippen LogP contribution in [-0.2, 0) is 12.3 Å². The highest BCUT2D eigenvalue weighted by Crippen LogP contribution is 2.10. The van der Waals surface area contributed by atoms with Gasteiger partial charge in [0.1, 0.15) is 5.69 Å². The average molecular weight is 186 g/mol. The number of carboxylic acid groups (broad SMARTS) is 1.